The fourth-order valence-corrected chi connectivity index (χ4v) is 5.67. The molecule has 3 nitrogen and oxygen atoms in total. The van der Waals surface area contributed by atoms with Gasteiger partial charge in [-0.3, -0.25) is 4.79 Å². The first-order chi connectivity index (χ1) is 14.1. The van der Waals surface area contributed by atoms with Crippen LogP contribution in [-0.2, 0) is 4.79 Å². The maximum Gasteiger partial charge on any atom is 0.222 e. The molecule has 2 heterocycles. The Kier molecular flexibility index (Phi) is 11.0. The number of nitrogens with zero attached hydrogens (tertiary/aromatic N) is 2. The Morgan fingerprint density at radius 2 is 1.41 bits per heavy atom. The topological polar surface area (TPSA) is 23.6 Å². The third-order valence-corrected chi connectivity index (χ3v) is 8.19. The SMILES string of the molecule is CCCCC(CC)CCC(=O)N1CCC2(CCN(CC(CC)CCC)CC2)CC1. The molecule has 2 aliphatic heterocycles. The van der Waals surface area contributed by atoms with Gasteiger partial charge in [0.2, 0.25) is 5.91 Å². The summed E-state index contributed by atoms with van der Waals surface area (Å²) in [5, 5.41) is 0. The molecular formula is C26H50N2O. The van der Waals surface area contributed by atoms with E-state index in [0.717, 1.165) is 37.8 Å². The summed E-state index contributed by atoms with van der Waals surface area (Å²) in [5.41, 5.74) is 0.535. The number of likely N-dealkylation sites (tertiary alicyclic amines) is 2. The molecule has 2 atom stereocenters. The summed E-state index contributed by atoms with van der Waals surface area (Å²) >= 11 is 0. The number of hydrogen-bond donors (Lipinski definition) is 0. The standard InChI is InChI=1S/C26H50N2O/c1-5-9-11-23(7-3)12-13-25(29)28-20-16-26(17-21-28)14-18-27(19-15-26)22-24(8-4)10-6-2/h23-24H,5-22H2,1-4H3. The van der Waals surface area contributed by atoms with Gasteiger partial charge in [0.1, 0.15) is 0 Å². The Hall–Kier alpha value is -0.570. The zero-order chi connectivity index (χ0) is 21.1. The lowest BCUT2D eigenvalue weighted by atomic mass is 9.71. The average molecular weight is 407 g/mol. The third-order valence-electron chi connectivity index (χ3n) is 8.19. The molecule has 1 spiro atoms. The number of carbonyl (C=O) groups excluding carboxylic acids is 1. The monoisotopic (exact) mass is 406 g/mol. The van der Waals surface area contributed by atoms with Crippen molar-refractivity contribution in [3.63, 3.8) is 0 Å². The molecule has 2 aliphatic rings. The van der Waals surface area contributed by atoms with E-state index in [1.165, 1.54) is 90.3 Å². The predicted octanol–water partition coefficient (Wildman–Crippen LogP) is 6.51. The van der Waals surface area contributed by atoms with Crippen molar-refractivity contribution >= 4 is 5.91 Å². The van der Waals surface area contributed by atoms with Crippen molar-refractivity contribution in [1.82, 2.24) is 9.80 Å². The maximum absolute atomic E-state index is 12.7. The van der Waals surface area contributed by atoms with Gasteiger partial charge in [-0.2, -0.15) is 0 Å². The quantitative estimate of drug-likeness (QED) is 0.368. The molecule has 0 aromatic heterocycles. The van der Waals surface area contributed by atoms with E-state index in [0.29, 0.717) is 11.3 Å². The van der Waals surface area contributed by atoms with Gasteiger partial charge in [-0.05, 0) is 68.9 Å². The van der Waals surface area contributed by atoms with Crippen molar-refractivity contribution in [2.24, 2.45) is 17.3 Å². The summed E-state index contributed by atoms with van der Waals surface area (Å²) < 4.78 is 0. The zero-order valence-electron chi connectivity index (χ0n) is 20.2. The minimum absolute atomic E-state index is 0.428. The lowest BCUT2D eigenvalue weighted by molar-refractivity contribution is -0.134. The number of rotatable bonds is 12. The van der Waals surface area contributed by atoms with Gasteiger partial charge in [0.25, 0.3) is 0 Å². The lowest BCUT2D eigenvalue weighted by Crippen LogP contribution is -2.48. The molecule has 0 radical (unpaired) electrons. The molecule has 3 heteroatoms. The van der Waals surface area contributed by atoms with Gasteiger partial charge in [-0.25, -0.2) is 0 Å². The van der Waals surface area contributed by atoms with Crippen LogP contribution in [0.5, 0.6) is 0 Å². The van der Waals surface area contributed by atoms with E-state index in [9.17, 15) is 4.79 Å². The first-order valence-electron chi connectivity index (χ1n) is 13.1. The highest BCUT2D eigenvalue weighted by molar-refractivity contribution is 5.76. The molecule has 2 saturated heterocycles. The normalized spacial score (nSPS) is 22.0. The molecule has 0 saturated carbocycles. The molecular weight excluding hydrogens is 356 g/mol. The highest BCUT2D eigenvalue weighted by atomic mass is 16.2. The largest absolute Gasteiger partial charge is 0.343 e. The second-order valence-electron chi connectivity index (χ2n) is 10.2. The van der Waals surface area contributed by atoms with Crippen molar-refractivity contribution < 1.29 is 4.79 Å². The van der Waals surface area contributed by atoms with Crippen molar-refractivity contribution in [2.75, 3.05) is 32.7 Å². The van der Waals surface area contributed by atoms with Crippen LogP contribution in [0.1, 0.15) is 111 Å². The first kappa shape index (κ1) is 24.7. The molecule has 2 fully saturated rings. The van der Waals surface area contributed by atoms with Crippen LogP contribution in [0.25, 0.3) is 0 Å². The van der Waals surface area contributed by atoms with E-state index in [2.05, 4.69) is 37.5 Å². The van der Waals surface area contributed by atoms with Crippen LogP contribution in [0.3, 0.4) is 0 Å². The van der Waals surface area contributed by atoms with Gasteiger partial charge in [0.15, 0.2) is 0 Å². The summed E-state index contributed by atoms with van der Waals surface area (Å²) in [7, 11) is 0. The van der Waals surface area contributed by atoms with Crippen LogP contribution < -0.4 is 0 Å². The predicted molar refractivity (Wildman–Crippen MR) is 125 cm³/mol. The third kappa shape index (κ3) is 7.89. The van der Waals surface area contributed by atoms with Crippen LogP contribution in [0.4, 0.5) is 0 Å². The highest BCUT2D eigenvalue weighted by Gasteiger charge is 2.38. The van der Waals surface area contributed by atoms with E-state index in [-0.39, 0.29) is 0 Å². The Balaban J connectivity index is 1.70. The van der Waals surface area contributed by atoms with Crippen molar-refractivity contribution in [1.29, 1.82) is 0 Å². The number of hydrogen-bond acceptors (Lipinski definition) is 2. The molecule has 0 N–H and O–H groups in total. The summed E-state index contributed by atoms with van der Waals surface area (Å²) in [6.45, 7) is 15.1. The van der Waals surface area contributed by atoms with Gasteiger partial charge < -0.3 is 9.80 Å². The Bertz CT molecular complexity index is 446. The number of carbonyl (C=O) groups is 1. The second-order valence-corrected chi connectivity index (χ2v) is 10.2. The van der Waals surface area contributed by atoms with Crippen molar-refractivity contribution in [2.45, 2.75) is 111 Å². The lowest BCUT2D eigenvalue weighted by Gasteiger charge is -2.47. The summed E-state index contributed by atoms with van der Waals surface area (Å²) in [5.74, 6) is 2.06. The molecule has 0 aliphatic carbocycles. The molecule has 0 aromatic rings. The Labute approximate surface area is 182 Å². The van der Waals surface area contributed by atoms with Gasteiger partial charge >= 0.3 is 0 Å². The fraction of sp³-hybridized carbons (Fsp3) is 0.962. The van der Waals surface area contributed by atoms with Gasteiger partial charge in [-0.15, -0.1) is 0 Å². The zero-order valence-corrected chi connectivity index (χ0v) is 20.2. The summed E-state index contributed by atoms with van der Waals surface area (Å²) in [6.07, 6.45) is 16.2. The van der Waals surface area contributed by atoms with Crippen LogP contribution in [-0.4, -0.2) is 48.4 Å². The van der Waals surface area contributed by atoms with Crippen LogP contribution in [0, 0.1) is 17.3 Å². The van der Waals surface area contributed by atoms with Crippen molar-refractivity contribution in [3.05, 3.63) is 0 Å². The van der Waals surface area contributed by atoms with Crippen LogP contribution in [0.2, 0.25) is 0 Å². The van der Waals surface area contributed by atoms with E-state index in [1.54, 1.807) is 0 Å². The molecule has 0 bridgehead atoms. The molecule has 29 heavy (non-hydrogen) atoms. The molecule has 2 unspecified atom stereocenters. The number of unbranched alkanes of at least 4 members (excludes halogenated alkanes) is 1. The minimum Gasteiger partial charge on any atom is -0.343 e. The Morgan fingerprint density at radius 3 is 1.97 bits per heavy atom. The van der Waals surface area contributed by atoms with Crippen molar-refractivity contribution in [3.8, 4) is 0 Å². The second kappa shape index (κ2) is 13.0. The number of piperidine rings is 2. The first-order valence-corrected chi connectivity index (χ1v) is 13.1. The smallest absolute Gasteiger partial charge is 0.222 e. The summed E-state index contributed by atoms with van der Waals surface area (Å²) in [6, 6.07) is 0. The molecule has 1 amide bonds. The molecule has 170 valence electrons. The highest BCUT2D eigenvalue weighted by Crippen LogP contribution is 2.41. The summed E-state index contributed by atoms with van der Waals surface area (Å²) in [4.78, 5) is 17.7. The molecule has 2 rings (SSSR count). The van der Waals surface area contributed by atoms with Gasteiger partial charge in [0.05, 0.1) is 0 Å². The van der Waals surface area contributed by atoms with Gasteiger partial charge in [-0.1, -0.05) is 66.2 Å². The van der Waals surface area contributed by atoms with Gasteiger partial charge in [0, 0.05) is 26.1 Å². The number of amides is 1. The van der Waals surface area contributed by atoms with E-state index >= 15 is 0 Å². The van der Waals surface area contributed by atoms with Crippen LogP contribution >= 0.6 is 0 Å². The van der Waals surface area contributed by atoms with E-state index < -0.39 is 0 Å². The van der Waals surface area contributed by atoms with E-state index in [1.807, 2.05) is 0 Å². The van der Waals surface area contributed by atoms with E-state index in [4.69, 9.17) is 0 Å². The molecule has 0 aromatic carbocycles. The Morgan fingerprint density at radius 1 is 0.793 bits per heavy atom. The minimum atomic E-state index is 0.428. The average Bonchev–Trinajstić information content (AvgIpc) is 2.75. The maximum atomic E-state index is 12.7. The fourth-order valence-electron chi connectivity index (χ4n) is 5.67. The van der Waals surface area contributed by atoms with Crippen LogP contribution in [0.15, 0.2) is 0 Å².